The molecule has 0 heterocycles. The molecule has 0 unspecified atom stereocenters. The topological polar surface area (TPSA) is 49.3 Å². The fraction of sp³-hybridized carbons (Fsp3) is 0.235. The molecule has 0 radical (unpaired) electrons. The standard InChI is InChI=1S/C17H18FNO2/c18-15-8-6-14(7-9-15)12-17(21)19-16-5-1-3-13(11-16)4-2-10-20/h1,3,5-9,11,20H,2,4,10,12H2,(H,19,21). The van der Waals surface area contributed by atoms with Gasteiger partial charge in [0, 0.05) is 12.3 Å². The van der Waals surface area contributed by atoms with E-state index in [1.54, 1.807) is 12.1 Å². The van der Waals surface area contributed by atoms with Crippen molar-refractivity contribution in [2.75, 3.05) is 11.9 Å². The SMILES string of the molecule is O=C(Cc1ccc(F)cc1)Nc1cccc(CCCO)c1. The van der Waals surface area contributed by atoms with E-state index in [1.807, 2.05) is 24.3 Å². The van der Waals surface area contributed by atoms with Crippen LogP contribution in [0.2, 0.25) is 0 Å². The Morgan fingerprint density at radius 2 is 1.86 bits per heavy atom. The normalized spacial score (nSPS) is 10.4. The van der Waals surface area contributed by atoms with Gasteiger partial charge in [-0.2, -0.15) is 0 Å². The predicted molar refractivity (Wildman–Crippen MR) is 80.6 cm³/mol. The van der Waals surface area contributed by atoms with Gasteiger partial charge in [-0.1, -0.05) is 24.3 Å². The van der Waals surface area contributed by atoms with Crippen LogP contribution in [0.4, 0.5) is 10.1 Å². The van der Waals surface area contributed by atoms with Crippen molar-refractivity contribution in [3.05, 3.63) is 65.5 Å². The maximum Gasteiger partial charge on any atom is 0.228 e. The summed E-state index contributed by atoms with van der Waals surface area (Å²) in [5.74, 6) is -0.448. The number of amides is 1. The number of anilines is 1. The van der Waals surface area contributed by atoms with Gasteiger partial charge < -0.3 is 10.4 Å². The minimum atomic E-state index is -0.309. The zero-order valence-corrected chi connectivity index (χ0v) is 11.7. The van der Waals surface area contributed by atoms with Crippen molar-refractivity contribution in [1.29, 1.82) is 0 Å². The Morgan fingerprint density at radius 3 is 2.57 bits per heavy atom. The third-order valence-electron chi connectivity index (χ3n) is 3.11. The number of aliphatic hydroxyl groups is 1. The summed E-state index contributed by atoms with van der Waals surface area (Å²) < 4.78 is 12.8. The molecule has 0 spiro atoms. The molecule has 2 aromatic carbocycles. The molecule has 0 aliphatic heterocycles. The highest BCUT2D eigenvalue weighted by molar-refractivity contribution is 5.92. The maximum absolute atomic E-state index is 12.8. The fourth-order valence-electron chi connectivity index (χ4n) is 2.08. The molecule has 110 valence electrons. The second kappa shape index (κ2) is 7.55. The Labute approximate surface area is 123 Å². The molecule has 2 aromatic rings. The van der Waals surface area contributed by atoms with Crippen LogP contribution in [0.5, 0.6) is 0 Å². The third kappa shape index (κ3) is 5.00. The van der Waals surface area contributed by atoms with Gasteiger partial charge in [-0.15, -0.1) is 0 Å². The molecule has 0 aromatic heterocycles. The van der Waals surface area contributed by atoms with Crippen LogP contribution in [0, 0.1) is 5.82 Å². The molecule has 0 bridgehead atoms. The van der Waals surface area contributed by atoms with Crippen molar-refractivity contribution in [3.63, 3.8) is 0 Å². The monoisotopic (exact) mass is 287 g/mol. The van der Waals surface area contributed by atoms with E-state index in [1.165, 1.54) is 12.1 Å². The number of hydrogen-bond donors (Lipinski definition) is 2. The number of aliphatic hydroxyl groups excluding tert-OH is 1. The number of rotatable bonds is 6. The van der Waals surface area contributed by atoms with Gasteiger partial charge in [-0.05, 0) is 48.2 Å². The predicted octanol–water partition coefficient (Wildman–Crippen LogP) is 2.93. The van der Waals surface area contributed by atoms with Crippen molar-refractivity contribution in [1.82, 2.24) is 0 Å². The van der Waals surface area contributed by atoms with Crippen LogP contribution in [0.1, 0.15) is 17.5 Å². The van der Waals surface area contributed by atoms with Crippen LogP contribution in [-0.2, 0) is 17.6 Å². The number of aryl methyl sites for hydroxylation is 1. The zero-order valence-electron chi connectivity index (χ0n) is 11.7. The molecule has 21 heavy (non-hydrogen) atoms. The van der Waals surface area contributed by atoms with Gasteiger partial charge in [0.1, 0.15) is 5.82 Å². The Balaban J connectivity index is 1.94. The highest BCUT2D eigenvalue weighted by Gasteiger charge is 2.05. The highest BCUT2D eigenvalue weighted by Crippen LogP contribution is 2.13. The fourth-order valence-corrected chi connectivity index (χ4v) is 2.08. The molecule has 0 fully saturated rings. The first-order chi connectivity index (χ1) is 10.2. The van der Waals surface area contributed by atoms with Gasteiger partial charge >= 0.3 is 0 Å². The van der Waals surface area contributed by atoms with Gasteiger partial charge in [0.2, 0.25) is 5.91 Å². The minimum Gasteiger partial charge on any atom is -0.396 e. The first-order valence-electron chi connectivity index (χ1n) is 6.91. The van der Waals surface area contributed by atoms with Crippen LogP contribution >= 0.6 is 0 Å². The summed E-state index contributed by atoms with van der Waals surface area (Å²) in [4.78, 5) is 11.9. The van der Waals surface area contributed by atoms with E-state index < -0.39 is 0 Å². The molecule has 1 amide bonds. The largest absolute Gasteiger partial charge is 0.396 e. The van der Waals surface area contributed by atoms with Crippen LogP contribution in [0.25, 0.3) is 0 Å². The van der Waals surface area contributed by atoms with Crippen molar-refractivity contribution in [2.24, 2.45) is 0 Å². The zero-order chi connectivity index (χ0) is 15.1. The summed E-state index contributed by atoms with van der Waals surface area (Å²) >= 11 is 0. The molecule has 0 saturated heterocycles. The van der Waals surface area contributed by atoms with Crippen LogP contribution in [0.3, 0.4) is 0 Å². The third-order valence-corrected chi connectivity index (χ3v) is 3.11. The second-order valence-corrected chi connectivity index (χ2v) is 4.88. The van der Waals surface area contributed by atoms with Crippen LogP contribution < -0.4 is 5.32 Å². The Kier molecular flexibility index (Phi) is 5.46. The van der Waals surface area contributed by atoms with E-state index in [2.05, 4.69) is 5.32 Å². The second-order valence-electron chi connectivity index (χ2n) is 4.88. The molecule has 4 heteroatoms. The number of hydrogen-bond acceptors (Lipinski definition) is 2. The molecule has 2 rings (SSSR count). The van der Waals surface area contributed by atoms with Crippen LogP contribution in [-0.4, -0.2) is 17.6 Å². The molecule has 0 aliphatic rings. The minimum absolute atomic E-state index is 0.138. The van der Waals surface area contributed by atoms with Crippen molar-refractivity contribution < 1.29 is 14.3 Å². The van der Waals surface area contributed by atoms with Crippen LogP contribution in [0.15, 0.2) is 48.5 Å². The van der Waals surface area contributed by atoms with Crippen molar-refractivity contribution in [2.45, 2.75) is 19.3 Å². The molecule has 0 saturated carbocycles. The summed E-state index contributed by atoms with van der Waals surface area (Å²) in [7, 11) is 0. The molecular weight excluding hydrogens is 269 g/mol. The molecule has 3 nitrogen and oxygen atoms in total. The summed E-state index contributed by atoms with van der Waals surface area (Å²) in [6, 6.07) is 13.5. The highest BCUT2D eigenvalue weighted by atomic mass is 19.1. The van der Waals surface area contributed by atoms with Crippen molar-refractivity contribution in [3.8, 4) is 0 Å². The maximum atomic E-state index is 12.8. The first kappa shape index (κ1) is 15.2. The Bertz CT molecular complexity index is 596. The number of carbonyl (C=O) groups excluding carboxylic acids is 1. The number of nitrogens with one attached hydrogen (secondary N) is 1. The van der Waals surface area contributed by atoms with E-state index >= 15 is 0 Å². The lowest BCUT2D eigenvalue weighted by Gasteiger charge is -2.07. The number of carbonyl (C=O) groups is 1. The number of benzene rings is 2. The lowest BCUT2D eigenvalue weighted by atomic mass is 10.1. The molecule has 0 aliphatic carbocycles. The van der Waals surface area contributed by atoms with E-state index in [0.29, 0.717) is 6.42 Å². The average Bonchev–Trinajstić information content (AvgIpc) is 2.48. The van der Waals surface area contributed by atoms with E-state index in [0.717, 1.165) is 23.2 Å². The summed E-state index contributed by atoms with van der Waals surface area (Å²) in [6.07, 6.45) is 1.69. The van der Waals surface area contributed by atoms with Gasteiger partial charge in [0.15, 0.2) is 0 Å². The van der Waals surface area contributed by atoms with E-state index in [-0.39, 0.29) is 24.8 Å². The Hall–Kier alpha value is -2.20. The van der Waals surface area contributed by atoms with Crippen molar-refractivity contribution >= 4 is 11.6 Å². The average molecular weight is 287 g/mol. The Morgan fingerprint density at radius 1 is 1.10 bits per heavy atom. The van der Waals surface area contributed by atoms with Gasteiger partial charge in [0.05, 0.1) is 6.42 Å². The van der Waals surface area contributed by atoms with Gasteiger partial charge in [-0.25, -0.2) is 4.39 Å². The first-order valence-corrected chi connectivity index (χ1v) is 6.91. The summed E-state index contributed by atoms with van der Waals surface area (Å²) in [5.41, 5.74) is 2.58. The summed E-state index contributed by atoms with van der Waals surface area (Å²) in [6.45, 7) is 0.154. The molecular formula is C17H18FNO2. The lowest BCUT2D eigenvalue weighted by molar-refractivity contribution is -0.115. The summed E-state index contributed by atoms with van der Waals surface area (Å²) in [5, 5.41) is 11.7. The van der Waals surface area contributed by atoms with E-state index in [4.69, 9.17) is 5.11 Å². The van der Waals surface area contributed by atoms with Gasteiger partial charge in [0.25, 0.3) is 0 Å². The smallest absolute Gasteiger partial charge is 0.228 e. The quantitative estimate of drug-likeness (QED) is 0.858. The number of halogens is 1. The van der Waals surface area contributed by atoms with Gasteiger partial charge in [-0.3, -0.25) is 4.79 Å². The lowest BCUT2D eigenvalue weighted by Crippen LogP contribution is -2.14. The van der Waals surface area contributed by atoms with E-state index in [9.17, 15) is 9.18 Å². The molecule has 0 atom stereocenters. The molecule has 2 N–H and O–H groups in total.